The van der Waals surface area contributed by atoms with E-state index in [9.17, 15) is 4.79 Å². The zero-order valence-electron chi connectivity index (χ0n) is 9.86. The molecule has 2 nitrogen and oxygen atoms in total. The number of carbonyl (C=O) groups excluding carboxylic acids is 1. The van der Waals surface area contributed by atoms with Gasteiger partial charge in [0.05, 0.1) is 6.26 Å². The van der Waals surface area contributed by atoms with Crippen LogP contribution in [-0.2, 0) is 0 Å². The number of benzene rings is 1. The van der Waals surface area contributed by atoms with Crippen LogP contribution in [0.1, 0.15) is 30.0 Å². The van der Waals surface area contributed by atoms with E-state index in [0.29, 0.717) is 5.76 Å². The summed E-state index contributed by atoms with van der Waals surface area (Å²) in [5.41, 5.74) is 3.05. The van der Waals surface area contributed by atoms with Crippen LogP contribution >= 0.6 is 0 Å². The molecule has 0 N–H and O–H groups in total. The topological polar surface area (TPSA) is 30.2 Å². The molecule has 0 saturated heterocycles. The van der Waals surface area contributed by atoms with Crippen molar-refractivity contribution in [2.45, 2.75) is 20.8 Å². The van der Waals surface area contributed by atoms with Gasteiger partial charge in [-0.2, -0.15) is 0 Å². The second kappa shape index (κ2) is 5.91. The minimum atomic E-state index is 0.383. The van der Waals surface area contributed by atoms with Crippen molar-refractivity contribution in [1.29, 1.82) is 0 Å². The fourth-order valence-electron chi connectivity index (χ4n) is 1.38. The first-order valence-electron chi connectivity index (χ1n) is 5.41. The molecule has 84 valence electrons. The molecule has 0 radical (unpaired) electrons. The number of aldehydes is 1. The molecular formula is C14H16O2. The molecule has 0 bridgehead atoms. The van der Waals surface area contributed by atoms with Crippen LogP contribution in [-0.4, -0.2) is 6.29 Å². The monoisotopic (exact) mass is 216 g/mol. The SMILES string of the molecule is CC.Cc1ccc(-c2ccoc2C=O)cc1. The molecule has 0 fully saturated rings. The minimum absolute atomic E-state index is 0.383. The van der Waals surface area contributed by atoms with E-state index in [1.54, 1.807) is 6.07 Å². The molecule has 2 rings (SSSR count). The lowest BCUT2D eigenvalue weighted by Crippen LogP contribution is -1.81. The highest BCUT2D eigenvalue weighted by molar-refractivity contribution is 5.84. The van der Waals surface area contributed by atoms with Crippen LogP contribution in [0.15, 0.2) is 41.0 Å². The maximum atomic E-state index is 10.6. The van der Waals surface area contributed by atoms with Gasteiger partial charge in [0.15, 0.2) is 12.0 Å². The summed E-state index contributed by atoms with van der Waals surface area (Å²) < 4.78 is 5.03. The summed E-state index contributed by atoms with van der Waals surface area (Å²) >= 11 is 0. The molecular weight excluding hydrogens is 200 g/mol. The smallest absolute Gasteiger partial charge is 0.185 e. The highest BCUT2D eigenvalue weighted by Crippen LogP contribution is 2.23. The maximum absolute atomic E-state index is 10.6. The van der Waals surface area contributed by atoms with Crippen LogP contribution in [0, 0.1) is 6.92 Å². The molecule has 0 aliphatic carbocycles. The second-order valence-corrected chi connectivity index (χ2v) is 3.18. The van der Waals surface area contributed by atoms with Gasteiger partial charge in [0.1, 0.15) is 0 Å². The lowest BCUT2D eigenvalue weighted by Gasteiger charge is -1.98. The zero-order chi connectivity index (χ0) is 12.0. The molecule has 1 aromatic carbocycles. The van der Waals surface area contributed by atoms with Gasteiger partial charge in [-0.1, -0.05) is 43.7 Å². The highest BCUT2D eigenvalue weighted by Gasteiger charge is 2.06. The highest BCUT2D eigenvalue weighted by atomic mass is 16.3. The third-order valence-electron chi connectivity index (χ3n) is 2.16. The zero-order valence-corrected chi connectivity index (χ0v) is 9.86. The summed E-state index contributed by atoms with van der Waals surface area (Å²) in [4.78, 5) is 10.6. The molecule has 0 saturated carbocycles. The average molecular weight is 216 g/mol. The van der Waals surface area contributed by atoms with Crippen LogP contribution in [0.2, 0.25) is 0 Å². The van der Waals surface area contributed by atoms with Crippen molar-refractivity contribution in [2.24, 2.45) is 0 Å². The molecule has 1 heterocycles. The third kappa shape index (κ3) is 2.60. The standard InChI is InChI=1S/C12H10O2.C2H6/c1-9-2-4-10(5-3-9)11-6-7-14-12(11)8-13;1-2/h2-8H,1H3;1-2H3. The molecule has 0 unspecified atom stereocenters. The summed E-state index contributed by atoms with van der Waals surface area (Å²) in [6.07, 6.45) is 2.26. The largest absolute Gasteiger partial charge is 0.461 e. The number of furan rings is 1. The first-order chi connectivity index (χ1) is 7.81. The fourth-order valence-corrected chi connectivity index (χ4v) is 1.38. The van der Waals surface area contributed by atoms with Gasteiger partial charge in [0, 0.05) is 5.56 Å². The van der Waals surface area contributed by atoms with E-state index in [4.69, 9.17) is 4.42 Å². The van der Waals surface area contributed by atoms with Crippen LogP contribution in [0.5, 0.6) is 0 Å². The quantitative estimate of drug-likeness (QED) is 0.707. The lowest BCUT2D eigenvalue weighted by atomic mass is 10.1. The van der Waals surface area contributed by atoms with E-state index < -0.39 is 0 Å². The molecule has 1 aromatic heterocycles. The summed E-state index contributed by atoms with van der Waals surface area (Å²) in [5.74, 6) is 0.383. The van der Waals surface area contributed by atoms with Gasteiger partial charge >= 0.3 is 0 Å². The summed E-state index contributed by atoms with van der Waals surface area (Å²) in [5, 5.41) is 0. The number of aryl methyl sites for hydroxylation is 1. The van der Waals surface area contributed by atoms with Crippen LogP contribution in [0.3, 0.4) is 0 Å². The van der Waals surface area contributed by atoms with E-state index in [0.717, 1.165) is 17.4 Å². The Labute approximate surface area is 95.9 Å². The number of rotatable bonds is 2. The maximum Gasteiger partial charge on any atom is 0.185 e. The van der Waals surface area contributed by atoms with Crippen LogP contribution in [0.4, 0.5) is 0 Å². The summed E-state index contributed by atoms with van der Waals surface area (Å²) in [7, 11) is 0. The molecule has 2 heteroatoms. The molecule has 0 atom stereocenters. The van der Waals surface area contributed by atoms with Gasteiger partial charge in [-0.25, -0.2) is 0 Å². The van der Waals surface area contributed by atoms with Crippen molar-refractivity contribution in [3.05, 3.63) is 47.9 Å². The van der Waals surface area contributed by atoms with E-state index in [-0.39, 0.29) is 0 Å². The Morgan fingerprint density at radius 2 is 1.69 bits per heavy atom. The predicted octanol–water partition coefficient (Wildman–Crippen LogP) is 4.09. The average Bonchev–Trinajstić information content (AvgIpc) is 2.81. The van der Waals surface area contributed by atoms with Crippen molar-refractivity contribution in [1.82, 2.24) is 0 Å². The number of carbonyl (C=O) groups is 1. The summed E-state index contributed by atoms with van der Waals surface area (Å²) in [6.45, 7) is 6.03. The van der Waals surface area contributed by atoms with Gasteiger partial charge in [-0.05, 0) is 18.6 Å². The molecule has 16 heavy (non-hydrogen) atoms. The van der Waals surface area contributed by atoms with Gasteiger partial charge in [-0.15, -0.1) is 0 Å². The van der Waals surface area contributed by atoms with Crippen LogP contribution < -0.4 is 0 Å². The van der Waals surface area contributed by atoms with Crippen molar-refractivity contribution in [3.63, 3.8) is 0 Å². The van der Waals surface area contributed by atoms with Crippen molar-refractivity contribution in [3.8, 4) is 11.1 Å². The van der Waals surface area contributed by atoms with Gasteiger partial charge in [-0.3, -0.25) is 4.79 Å². The summed E-state index contributed by atoms with van der Waals surface area (Å²) in [6, 6.07) is 9.78. The van der Waals surface area contributed by atoms with E-state index in [1.807, 2.05) is 45.0 Å². The molecule has 2 aromatic rings. The Bertz CT molecular complexity index is 438. The fraction of sp³-hybridized carbons (Fsp3) is 0.214. The van der Waals surface area contributed by atoms with Gasteiger partial charge < -0.3 is 4.42 Å². The Morgan fingerprint density at radius 1 is 1.06 bits per heavy atom. The second-order valence-electron chi connectivity index (χ2n) is 3.18. The van der Waals surface area contributed by atoms with Crippen molar-refractivity contribution >= 4 is 6.29 Å². The predicted molar refractivity (Wildman–Crippen MR) is 65.6 cm³/mol. The first-order valence-corrected chi connectivity index (χ1v) is 5.41. The van der Waals surface area contributed by atoms with E-state index >= 15 is 0 Å². The normalized spacial score (nSPS) is 9.19. The van der Waals surface area contributed by atoms with E-state index in [2.05, 4.69) is 0 Å². The Morgan fingerprint density at radius 3 is 2.25 bits per heavy atom. The number of hydrogen-bond acceptors (Lipinski definition) is 2. The van der Waals surface area contributed by atoms with Gasteiger partial charge in [0.2, 0.25) is 0 Å². The lowest BCUT2D eigenvalue weighted by molar-refractivity contribution is 0.110. The van der Waals surface area contributed by atoms with Crippen molar-refractivity contribution < 1.29 is 9.21 Å². The van der Waals surface area contributed by atoms with Gasteiger partial charge in [0.25, 0.3) is 0 Å². The molecule has 0 aliphatic heterocycles. The minimum Gasteiger partial charge on any atom is -0.461 e. The Hall–Kier alpha value is -1.83. The van der Waals surface area contributed by atoms with E-state index in [1.165, 1.54) is 11.8 Å². The molecule has 0 aliphatic rings. The van der Waals surface area contributed by atoms with Crippen LogP contribution in [0.25, 0.3) is 11.1 Å². The third-order valence-corrected chi connectivity index (χ3v) is 2.16. The molecule has 0 amide bonds. The first kappa shape index (κ1) is 12.2. The van der Waals surface area contributed by atoms with Crippen molar-refractivity contribution in [2.75, 3.05) is 0 Å². The molecule has 0 spiro atoms. The Balaban J connectivity index is 0.000000606. The Kier molecular flexibility index (Phi) is 4.52. The number of hydrogen-bond donors (Lipinski definition) is 0.